The molecule has 0 aromatic carbocycles. The van der Waals surface area contributed by atoms with Crippen molar-refractivity contribution in [2.24, 2.45) is 0 Å². The Labute approximate surface area is 146 Å². The number of hydrogen-bond donors (Lipinski definition) is 1. The minimum absolute atomic E-state index is 0.0854. The van der Waals surface area contributed by atoms with Crippen molar-refractivity contribution in [1.29, 1.82) is 0 Å². The molecule has 1 aliphatic heterocycles. The number of carboxylic acid groups (broad SMARTS) is 1. The van der Waals surface area contributed by atoms with Crippen molar-refractivity contribution in [1.82, 2.24) is 24.8 Å². The van der Waals surface area contributed by atoms with Gasteiger partial charge in [0.25, 0.3) is 0 Å². The third-order valence-electron chi connectivity index (χ3n) is 4.37. The number of aliphatic carboxylic acids is 1. The average Bonchev–Trinajstić information content (AvgIpc) is 2.62. The van der Waals surface area contributed by atoms with Gasteiger partial charge in [-0.1, -0.05) is 6.92 Å². The van der Waals surface area contributed by atoms with Crippen molar-refractivity contribution in [2.45, 2.75) is 20.3 Å². The molecule has 2 aromatic heterocycles. The standard InChI is InChI=1S/C17H22N6O2/c1-3-13-12(2)20-16(14-10-18-4-5-19-14)21-17(13)23-8-6-22(7-9-23)11-15(24)25/h4-5,10H,3,6-9,11H2,1-2H3,(H,24,25). The van der Waals surface area contributed by atoms with Crippen LogP contribution in [0.4, 0.5) is 5.82 Å². The molecule has 132 valence electrons. The van der Waals surface area contributed by atoms with Crippen molar-refractivity contribution >= 4 is 11.8 Å². The van der Waals surface area contributed by atoms with Crippen molar-refractivity contribution in [3.8, 4) is 11.5 Å². The fourth-order valence-corrected chi connectivity index (χ4v) is 3.09. The molecule has 0 atom stereocenters. The van der Waals surface area contributed by atoms with E-state index in [4.69, 9.17) is 10.1 Å². The zero-order chi connectivity index (χ0) is 17.8. The van der Waals surface area contributed by atoms with E-state index in [0.717, 1.165) is 36.6 Å². The highest BCUT2D eigenvalue weighted by Gasteiger charge is 2.23. The van der Waals surface area contributed by atoms with Crippen LogP contribution in [0.25, 0.3) is 11.5 Å². The third-order valence-corrected chi connectivity index (χ3v) is 4.37. The van der Waals surface area contributed by atoms with E-state index in [1.54, 1.807) is 18.6 Å². The third kappa shape index (κ3) is 3.90. The Balaban J connectivity index is 1.87. The van der Waals surface area contributed by atoms with Gasteiger partial charge in [-0.15, -0.1) is 0 Å². The lowest BCUT2D eigenvalue weighted by molar-refractivity contribution is -0.138. The minimum Gasteiger partial charge on any atom is -0.480 e. The van der Waals surface area contributed by atoms with Crippen LogP contribution in [0.3, 0.4) is 0 Å². The van der Waals surface area contributed by atoms with Gasteiger partial charge in [0.15, 0.2) is 5.82 Å². The van der Waals surface area contributed by atoms with E-state index in [1.165, 1.54) is 0 Å². The molecule has 3 rings (SSSR count). The predicted octanol–water partition coefficient (Wildman–Crippen LogP) is 1.01. The Bertz CT molecular complexity index is 744. The molecule has 8 heteroatoms. The normalized spacial score (nSPS) is 15.4. The summed E-state index contributed by atoms with van der Waals surface area (Å²) >= 11 is 0. The molecule has 0 unspecified atom stereocenters. The maximum absolute atomic E-state index is 10.9. The van der Waals surface area contributed by atoms with Gasteiger partial charge in [-0.2, -0.15) is 0 Å². The molecule has 1 N–H and O–H groups in total. The summed E-state index contributed by atoms with van der Waals surface area (Å²) in [5, 5.41) is 8.94. The summed E-state index contributed by atoms with van der Waals surface area (Å²) in [5.74, 6) is 0.710. The largest absolute Gasteiger partial charge is 0.480 e. The zero-order valence-electron chi connectivity index (χ0n) is 14.5. The fraction of sp³-hybridized carbons (Fsp3) is 0.471. The summed E-state index contributed by atoms with van der Waals surface area (Å²) in [4.78, 5) is 32.8. The van der Waals surface area contributed by atoms with E-state index >= 15 is 0 Å². The second kappa shape index (κ2) is 7.52. The molecule has 3 heterocycles. The minimum atomic E-state index is -0.787. The molecule has 8 nitrogen and oxygen atoms in total. The number of aryl methyl sites for hydroxylation is 1. The second-order valence-electron chi connectivity index (χ2n) is 6.04. The number of hydrogen-bond acceptors (Lipinski definition) is 7. The van der Waals surface area contributed by atoms with Crippen LogP contribution in [0.5, 0.6) is 0 Å². The molecule has 0 saturated carbocycles. The molecule has 0 amide bonds. The number of rotatable bonds is 5. The first-order valence-corrected chi connectivity index (χ1v) is 8.41. The summed E-state index contributed by atoms with van der Waals surface area (Å²) < 4.78 is 0. The Morgan fingerprint density at radius 3 is 2.56 bits per heavy atom. The van der Waals surface area contributed by atoms with E-state index in [2.05, 4.69) is 26.8 Å². The van der Waals surface area contributed by atoms with Gasteiger partial charge in [0, 0.05) is 49.8 Å². The van der Waals surface area contributed by atoms with Crippen LogP contribution in [-0.4, -0.2) is 68.6 Å². The fourth-order valence-electron chi connectivity index (χ4n) is 3.09. The molecule has 0 radical (unpaired) electrons. The number of anilines is 1. The molecule has 1 saturated heterocycles. The average molecular weight is 342 g/mol. The van der Waals surface area contributed by atoms with E-state index in [9.17, 15) is 4.79 Å². The van der Waals surface area contributed by atoms with Crippen molar-refractivity contribution in [3.05, 3.63) is 29.8 Å². The molecule has 1 fully saturated rings. The SMILES string of the molecule is CCc1c(C)nc(-c2cnccn2)nc1N1CCN(CC(=O)O)CC1. The number of carbonyl (C=O) groups is 1. The highest BCUT2D eigenvalue weighted by molar-refractivity contribution is 5.69. The number of nitrogens with zero attached hydrogens (tertiary/aromatic N) is 6. The highest BCUT2D eigenvalue weighted by atomic mass is 16.4. The molecular formula is C17H22N6O2. The van der Waals surface area contributed by atoms with E-state index < -0.39 is 5.97 Å². The lowest BCUT2D eigenvalue weighted by atomic mass is 10.1. The maximum atomic E-state index is 10.9. The van der Waals surface area contributed by atoms with Gasteiger partial charge in [-0.3, -0.25) is 14.7 Å². The molecular weight excluding hydrogens is 320 g/mol. The predicted molar refractivity (Wildman–Crippen MR) is 93.5 cm³/mol. The van der Waals surface area contributed by atoms with Gasteiger partial charge in [-0.25, -0.2) is 15.0 Å². The van der Waals surface area contributed by atoms with Gasteiger partial charge in [0.2, 0.25) is 0 Å². The van der Waals surface area contributed by atoms with Crippen LogP contribution in [0.2, 0.25) is 0 Å². The summed E-state index contributed by atoms with van der Waals surface area (Å²) in [6.45, 7) is 7.08. The molecule has 0 bridgehead atoms. The summed E-state index contributed by atoms with van der Waals surface area (Å²) in [6.07, 6.45) is 5.76. The van der Waals surface area contributed by atoms with E-state index in [1.807, 2.05) is 11.8 Å². The second-order valence-corrected chi connectivity index (χ2v) is 6.04. The molecule has 2 aromatic rings. The van der Waals surface area contributed by atoms with Crippen LogP contribution in [0.15, 0.2) is 18.6 Å². The van der Waals surface area contributed by atoms with Crippen molar-refractivity contribution < 1.29 is 9.90 Å². The molecule has 25 heavy (non-hydrogen) atoms. The maximum Gasteiger partial charge on any atom is 0.317 e. The molecule has 0 aliphatic carbocycles. The van der Waals surface area contributed by atoms with Gasteiger partial charge in [-0.05, 0) is 13.3 Å². The number of carboxylic acids is 1. The summed E-state index contributed by atoms with van der Waals surface area (Å²) in [5.41, 5.74) is 2.72. The highest BCUT2D eigenvalue weighted by Crippen LogP contribution is 2.25. The molecule has 0 spiro atoms. The van der Waals surface area contributed by atoms with E-state index in [0.29, 0.717) is 24.6 Å². The van der Waals surface area contributed by atoms with Gasteiger partial charge in [0.05, 0.1) is 12.7 Å². The molecule has 1 aliphatic rings. The monoisotopic (exact) mass is 342 g/mol. The van der Waals surface area contributed by atoms with Crippen molar-refractivity contribution in [3.63, 3.8) is 0 Å². The van der Waals surface area contributed by atoms with Crippen LogP contribution < -0.4 is 4.90 Å². The summed E-state index contributed by atoms with van der Waals surface area (Å²) in [6, 6.07) is 0. The number of piperazine rings is 1. The van der Waals surface area contributed by atoms with Gasteiger partial charge >= 0.3 is 5.97 Å². The number of aromatic nitrogens is 4. The Morgan fingerprint density at radius 2 is 1.96 bits per heavy atom. The van der Waals surface area contributed by atoms with Crippen LogP contribution in [0.1, 0.15) is 18.2 Å². The van der Waals surface area contributed by atoms with Gasteiger partial charge in [0.1, 0.15) is 11.5 Å². The van der Waals surface area contributed by atoms with Crippen LogP contribution in [0, 0.1) is 6.92 Å². The smallest absolute Gasteiger partial charge is 0.317 e. The van der Waals surface area contributed by atoms with E-state index in [-0.39, 0.29) is 6.54 Å². The first-order valence-electron chi connectivity index (χ1n) is 8.41. The lowest BCUT2D eigenvalue weighted by Gasteiger charge is -2.35. The first kappa shape index (κ1) is 17.2. The Kier molecular flexibility index (Phi) is 5.18. The van der Waals surface area contributed by atoms with Crippen LogP contribution >= 0.6 is 0 Å². The Morgan fingerprint density at radius 1 is 1.20 bits per heavy atom. The first-order chi connectivity index (χ1) is 12.1. The van der Waals surface area contributed by atoms with Crippen molar-refractivity contribution in [2.75, 3.05) is 37.6 Å². The summed E-state index contributed by atoms with van der Waals surface area (Å²) in [7, 11) is 0. The Hall–Kier alpha value is -2.61. The van der Waals surface area contributed by atoms with Gasteiger partial charge < -0.3 is 10.0 Å². The lowest BCUT2D eigenvalue weighted by Crippen LogP contribution is -2.48. The topological polar surface area (TPSA) is 95.3 Å². The zero-order valence-corrected chi connectivity index (χ0v) is 14.5. The van der Waals surface area contributed by atoms with Crippen LogP contribution in [-0.2, 0) is 11.2 Å². The quantitative estimate of drug-likeness (QED) is 0.860.